The van der Waals surface area contributed by atoms with Crippen LogP contribution in [0, 0.1) is 0 Å². The zero-order valence-electron chi connectivity index (χ0n) is 16.2. The Labute approximate surface area is 169 Å². The molecular weight excluding hydrogens is 378 g/mol. The molecule has 1 saturated heterocycles. The van der Waals surface area contributed by atoms with Crippen molar-refractivity contribution in [2.45, 2.75) is 36.7 Å². The number of nitrogens with zero attached hydrogens (tertiary/aromatic N) is 2. The van der Waals surface area contributed by atoms with E-state index >= 15 is 0 Å². The molecule has 8 heteroatoms. The summed E-state index contributed by atoms with van der Waals surface area (Å²) in [4.78, 5) is 29.8. The van der Waals surface area contributed by atoms with Gasteiger partial charge in [0.25, 0.3) is 0 Å². The van der Waals surface area contributed by atoms with E-state index in [0.717, 1.165) is 42.3 Å². The summed E-state index contributed by atoms with van der Waals surface area (Å²) in [6.45, 7) is 5.89. The Bertz CT molecular complexity index is 732. The fourth-order valence-electron chi connectivity index (χ4n) is 3.42. The first-order valence-electron chi connectivity index (χ1n) is 9.95. The van der Waals surface area contributed by atoms with Gasteiger partial charge in [-0.05, 0) is 38.0 Å². The summed E-state index contributed by atoms with van der Waals surface area (Å²) in [5.74, 6) is 2.15. The Morgan fingerprint density at radius 2 is 1.86 bits per heavy atom. The maximum absolute atomic E-state index is 12.6. The standard InChI is InChI=1S/C20H27N3O4S/c1-14(20(25)21-15-2-3-15)22-6-8-23(9-7-22)19(24)13-28-16-4-5-17-18(12-16)27-11-10-26-17/h4-5,12,14-15H,2-3,6-11,13H2,1H3,(H,21,25). The molecule has 2 fully saturated rings. The Morgan fingerprint density at radius 1 is 1.14 bits per heavy atom. The summed E-state index contributed by atoms with van der Waals surface area (Å²) < 4.78 is 11.1. The van der Waals surface area contributed by atoms with Gasteiger partial charge in [0.05, 0.1) is 11.8 Å². The molecule has 1 aliphatic carbocycles. The van der Waals surface area contributed by atoms with Gasteiger partial charge >= 0.3 is 0 Å². The van der Waals surface area contributed by atoms with Gasteiger partial charge in [-0.25, -0.2) is 0 Å². The van der Waals surface area contributed by atoms with E-state index in [9.17, 15) is 9.59 Å². The minimum atomic E-state index is -0.134. The van der Waals surface area contributed by atoms with Crippen molar-refractivity contribution < 1.29 is 19.1 Å². The Hall–Kier alpha value is -1.93. The molecule has 0 spiro atoms. The molecule has 1 N–H and O–H groups in total. The molecule has 3 aliphatic rings. The molecule has 2 heterocycles. The third-order valence-electron chi connectivity index (χ3n) is 5.39. The molecule has 0 radical (unpaired) electrons. The number of nitrogens with one attached hydrogen (secondary N) is 1. The lowest BCUT2D eigenvalue weighted by atomic mass is 10.2. The lowest BCUT2D eigenvalue weighted by Gasteiger charge is -2.37. The number of piperazine rings is 1. The summed E-state index contributed by atoms with van der Waals surface area (Å²) >= 11 is 1.52. The van der Waals surface area contributed by atoms with Gasteiger partial charge < -0.3 is 19.7 Å². The molecule has 2 amide bonds. The summed E-state index contributed by atoms with van der Waals surface area (Å²) in [7, 11) is 0. The van der Waals surface area contributed by atoms with Gasteiger partial charge in [-0.2, -0.15) is 0 Å². The number of thioether (sulfide) groups is 1. The second kappa shape index (κ2) is 8.61. The van der Waals surface area contributed by atoms with Crippen molar-refractivity contribution in [1.29, 1.82) is 0 Å². The van der Waals surface area contributed by atoms with Gasteiger partial charge in [0, 0.05) is 37.1 Å². The van der Waals surface area contributed by atoms with Crippen LogP contribution in [0.3, 0.4) is 0 Å². The zero-order chi connectivity index (χ0) is 19.5. The highest BCUT2D eigenvalue weighted by atomic mass is 32.2. The van der Waals surface area contributed by atoms with Crippen LogP contribution in [0.15, 0.2) is 23.1 Å². The summed E-state index contributed by atoms with van der Waals surface area (Å²) in [6, 6.07) is 6.04. The second-order valence-corrected chi connectivity index (χ2v) is 8.52. The van der Waals surface area contributed by atoms with Crippen molar-refractivity contribution in [1.82, 2.24) is 15.1 Å². The number of amides is 2. The smallest absolute Gasteiger partial charge is 0.237 e. The van der Waals surface area contributed by atoms with Crippen molar-refractivity contribution in [2.24, 2.45) is 0 Å². The topological polar surface area (TPSA) is 71.1 Å². The SMILES string of the molecule is CC(C(=O)NC1CC1)N1CCN(C(=O)CSc2ccc3c(c2)OCCO3)CC1. The summed E-state index contributed by atoms with van der Waals surface area (Å²) in [5.41, 5.74) is 0. The van der Waals surface area contributed by atoms with Gasteiger partial charge in [-0.3, -0.25) is 14.5 Å². The molecule has 2 aliphatic heterocycles. The second-order valence-electron chi connectivity index (χ2n) is 7.47. The van der Waals surface area contributed by atoms with Crippen LogP contribution in [-0.4, -0.2) is 78.8 Å². The van der Waals surface area contributed by atoms with Crippen LogP contribution in [0.1, 0.15) is 19.8 Å². The molecule has 1 atom stereocenters. The van der Waals surface area contributed by atoms with E-state index in [1.54, 1.807) is 0 Å². The molecule has 7 nitrogen and oxygen atoms in total. The average Bonchev–Trinajstić information content (AvgIpc) is 3.55. The normalized spacial score (nSPS) is 20.5. The van der Waals surface area contributed by atoms with Crippen LogP contribution in [-0.2, 0) is 9.59 Å². The summed E-state index contributed by atoms with van der Waals surface area (Å²) in [5, 5.41) is 3.06. The van der Waals surface area contributed by atoms with E-state index in [4.69, 9.17) is 9.47 Å². The number of rotatable bonds is 6. The van der Waals surface area contributed by atoms with E-state index in [-0.39, 0.29) is 17.9 Å². The van der Waals surface area contributed by atoms with Crippen molar-refractivity contribution in [2.75, 3.05) is 45.1 Å². The van der Waals surface area contributed by atoms with E-state index in [1.807, 2.05) is 30.0 Å². The van der Waals surface area contributed by atoms with Crippen LogP contribution in [0.4, 0.5) is 0 Å². The van der Waals surface area contributed by atoms with Crippen LogP contribution in [0.25, 0.3) is 0 Å². The molecule has 4 rings (SSSR count). The minimum absolute atomic E-state index is 0.108. The Morgan fingerprint density at radius 3 is 2.57 bits per heavy atom. The first-order valence-corrected chi connectivity index (χ1v) is 10.9. The third kappa shape index (κ3) is 4.72. The van der Waals surface area contributed by atoms with Gasteiger partial charge in [0.2, 0.25) is 11.8 Å². The van der Waals surface area contributed by atoms with Crippen molar-refractivity contribution in [3.8, 4) is 11.5 Å². The van der Waals surface area contributed by atoms with Gasteiger partial charge in [0.1, 0.15) is 13.2 Å². The van der Waals surface area contributed by atoms with Crippen molar-refractivity contribution >= 4 is 23.6 Å². The number of benzene rings is 1. The van der Waals surface area contributed by atoms with Gasteiger partial charge in [0.15, 0.2) is 11.5 Å². The molecule has 0 bridgehead atoms. The number of carbonyl (C=O) groups excluding carboxylic acids is 2. The highest BCUT2D eigenvalue weighted by Gasteiger charge is 2.30. The van der Waals surface area contributed by atoms with Crippen LogP contribution < -0.4 is 14.8 Å². The lowest BCUT2D eigenvalue weighted by Crippen LogP contribution is -2.55. The van der Waals surface area contributed by atoms with Crippen LogP contribution in [0.5, 0.6) is 11.5 Å². The number of hydrogen-bond donors (Lipinski definition) is 1. The van der Waals surface area contributed by atoms with Crippen LogP contribution >= 0.6 is 11.8 Å². The van der Waals surface area contributed by atoms with E-state index in [0.29, 0.717) is 38.1 Å². The van der Waals surface area contributed by atoms with Crippen molar-refractivity contribution in [3.63, 3.8) is 0 Å². The van der Waals surface area contributed by atoms with E-state index < -0.39 is 0 Å². The molecular formula is C20H27N3O4S. The third-order valence-corrected chi connectivity index (χ3v) is 6.37. The predicted octanol–water partition coefficient (Wildman–Crippen LogP) is 1.36. The molecule has 1 aromatic carbocycles. The largest absolute Gasteiger partial charge is 0.486 e. The zero-order valence-corrected chi connectivity index (χ0v) is 17.0. The molecule has 0 aromatic heterocycles. The first kappa shape index (κ1) is 19.4. The number of hydrogen-bond acceptors (Lipinski definition) is 6. The lowest BCUT2D eigenvalue weighted by molar-refractivity contribution is -0.131. The van der Waals surface area contributed by atoms with E-state index in [1.165, 1.54) is 11.8 Å². The van der Waals surface area contributed by atoms with E-state index in [2.05, 4.69) is 10.2 Å². The maximum atomic E-state index is 12.6. The number of carbonyl (C=O) groups is 2. The molecule has 152 valence electrons. The number of ether oxygens (including phenoxy) is 2. The summed E-state index contributed by atoms with van der Waals surface area (Å²) in [6.07, 6.45) is 2.20. The molecule has 1 saturated carbocycles. The molecule has 1 unspecified atom stereocenters. The molecule has 1 aromatic rings. The van der Waals surface area contributed by atoms with Gasteiger partial charge in [-0.15, -0.1) is 11.8 Å². The van der Waals surface area contributed by atoms with Crippen LogP contribution in [0.2, 0.25) is 0 Å². The predicted molar refractivity (Wildman–Crippen MR) is 107 cm³/mol. The monoisotopic (exact) mass is 405 g/mol. The fourth-order valence-corrected chi connectivity index (χ4v) is 4.25. The Balaban J connectivity index is 1.22. The first-order chi connectivity index (χ1) is 13.6. The van der Waals surface area contributed by atoms with Crippen molar-refractivity contribution in [3.05, 3.63) is 18.2 Å². The highest BCUT2D eigenvalue weighted by molar-refractivity contribution is 8.00. The van der Waals surface area contributed by atoms with Gasteiger partial charge in [-0.1, -0.05) is 0 Å². The maximum Gasteiger partial charge on any atom is 0.237 e. The minimum Gasteiger partial charge on any atom is -0.486 e. The molecule has 28 heavy (non-hydrogen) atoms. The number of fused-ring (bicyclic) bond motifs is 1. The quantitative estimate of drug-likeness (QED) is 0.721. The Kier molecular flexibility index (Phi) is 5.96. The average molecular weight is 406 g/mol. The highest BCUT2D eigenvalue weighted by Crippen LogP contribution is 2.34. The fraction of sp³-hybridized carbons (Fsp3) is 0.600.